The Morgan fingerprint density at radius 1 is 1.19 bits per heavy atom. The lowest BCUT2D eigenvalue weighted by Gasteiger charge is -2.45. The molecular formula is C17H13F4N3O3. The zero-order valence-corrected chi connectivity index (χ0v) is 13.5. The Balaban J connectivity index is 2.15. The molecule has 3 N–H and O–H groups in total. The lowest BCUT2D eigenvalue weighted by atomic mass is 9.77. The quantitative estimate of drug-likeness (QED) is 0.561. The van der Waals surface area contributed by atoms with Crippen LogP contribution >= 0.6 is 0 Å². The smallest absolute Gasteiger partial charge is 0.363 e. The van der Waals surface area contributed by atoms with Gasteiger partial charge in [-0.1, -0.05) is 12.1 Å². The van der Waals surface area contributed by atoms with E-state index in [-0.39, 0.29) is 11.1 Å². The van der Waals surface area contributed by atoms with Gasteiger partial charge in [0.15, 0.2) is 5.78 Å². The number of hydrogen-bond donors (Lipinski definition) is 3. The Hall–Kier alpha value is -3.01. The first kappa shape index (κ1) is 18.8. The number of hydrogen-bond acceptors (Lipinski definition) is 4. The van der Waals surface area contributed by atoms with E-state index in [2.05, 4.69) is 10.3 Å². The first-order valence-corrected chi connectivity index (χ1v) is 7.71. The van der Waals surface area contributed by atoms with Gasteiger partial charge in [-0.25, -0.2) is 9.18 Å². The molecule has 1 aromatic carbocycles. The largest absolute Gasteiger partial charge is 0.437 e. The standard InChI is InChI=1S/C17H13F4N3O3/c18-11-5-3-9(4-6-11)13-12(14(25)10-2-1-7-22-8-10)16(27,17(19,20)21)24-15(26)23-13/h1-8,12-13,27H,(H2,23,24,26)/t12-,13+,16-/m1/s1. The van der Waals surface area contributed by atoms with Crippen LogP contribution in [-0.4, -0.2) is 33.8 Å². The maximum Gasteiger partial charge on any atom is 0.437 e. The van der Waals surface area contributed by atoms with Crippen LogP contribution in [0, 0.1) is 11.7 Å². The fraction of sp³-hybridized carbons (Fsp3) is 0.235. The van der Waals surface area contributed by atoms with Gasteiger partial charge < -0.3 is 15.7 Å². The number of amides is 2. The van der Waals surface area contributed by atoms with Crippen molar-refractivity contribution in [2.45, 2.75) is 17.9 Å². The van der Waals surface area contributed by atoms with Crippen molar-refractivity contribution < 1.29 is 32.3 Å². The van der Waals surface area contributed by atoms with Crippen molar-refractivity contribution in [1.29, 1.82) is 0 Å². The average molecular weight is 383 g/mol. The molecule has 142 valence electrons. The number of aromatic nitrogens is 1. The third kappa shape index (κ3) is 3.35. The Labute approximate surface area is 150 Å². The molecule has 1 fully saturated rings. The summed E-state index contributed by atoms with van der Waals surface area (Å²) in [6.45, 7) is 0. The second kappa shape index (κ2) is 6.62. The van der Waals surface area contributed by atoms with Crippen molar-refractivity contribution >= 4 is 11.8 Å². The van der Waals surface area contributed by atoms with Crippen molar-refractivity contribution in [3.8, 4) is 0 Å². The molecule has 1 aliphatic heterocycles. The van der Waals surface area contributed by atoms with E-state index in [0.717, 1.165) is 30.5 Å². The molecule has 0 spiro atoms. The summed E-state index contributed by atoms with van der Waals surface area (Å²) in [7, 11) is 0. The summed E-state index contributed by atoms with van der Waals surface area (Å²) < 4.78 is 54.2. The summed E-state index contributed by atoms with van der Waals surface area (Å²) in [6, 6.07) is 3.92. The fourth-order valence-corrected chi connectivity index (χ4v) is 2.97. The number of rotatable bonds is 3. The van der Waals surface area contributed by atoms with E-state index in [0.29, 0.717) is 0 Å². The number of carbonyl (C=O) groups is 2. The van der Waals surface area contributed by atoms with E-state index in [1.54, 1.807) is 0 Å². The van der Waals surface area contributed by atoms with Crippen LogP contribution < -0.4 is 10.6 Å². The predicted molar refractivity (Wildman–Crippen MR) is 83.9 cm³/mol. The van der Waals surface area contributed by atoms with E-state index >= 15 is 0 Å². The van der Waals surface area contributed by atoms with E-state index < -0.39 is 41.5 Å². The van der Waals surface area contributed by atoms with Crippen LogP contribution in [0.5, 0.6) is 0 Å². The van der Waals surface area contributed by atoms with Crippen LogP contribution in [0.1, 0.15) is 22.0 Å². The highest BCUT2D eigenvalue weighted by molar-refractivity contribution is 6.00. The Bertz CT molecular complexity index is 858. The predicted octanol–water partition coefficient (Wildman–Crippen LogP) is 2.32. The molecule has 3 rings (SSSR count). The Kier molecular flexibility index (Phi) is 4.60. The summed E-state index contributed by atoms with van der Waals surface area (Å²) in [6.07, 6.45) is -2.98. The van der Waals surface area contributed by atoms with Gasteiger partial charge in [-0.3, -0.25) is 9.78 Å². The minimum atomic E-state index is -5.36. The molecule has 2 amide bonds. The van der Waals surface area contributed by atoms with E-state index in [4.69, 9.17) is 0 Å². The molecule has 0 unspecified atom stereocenters. The zero-order chi connectivity index (χ0) is 19.8. The monoisotopic (exact) mass is 383 g/mol. The number of Topliss-reactive ketones (excluding diaryl/α,β-unsaturated/α-hetero) is 1. The molecule has 2 aromatic rings. The first-order chi connectivity index (χ1) is 12.6. The van der Waals surface area contributed by atoms with Crippen LogP contribution in [-0.2, 0) is 0 Å². The first-order valence-electron chi connectivity index (χ1n) is 7.71. The number of carbonyl (C=O) groups excluding carboxylic acids is 2. The van der Waals surface area contributed by atoms with E-state index in [1.807, 2.05) is 0 Å². The molecule has 0 aliphatic carbocycles. The summed E-state index contributed by atoms with van der Waals surface area (Å²) in [5.41, 5.74) is -3.99. The van der Waals surface area contributed by atoms with Gasteiger partial charge in [0.2, 0.25) is 5.72 Å². The maximum atomic E-state index is 13.7. The van der Waals surface area contributed by atoms with Crippen LogP contribution in [0.25, 0.3) is 0 Å². The molecule has 0 saturated carbocycles. The number of benzene rings is 1. The molecule has 10 heteroatoms. The van der Waals surface area contributed by atoms with Crippen LogP contribution in [0.15, 0.2) is 48.8 Å². The molecule has 0 bridgehead atoms. The molecule has 0 radical (unpaired) electrons. The number of pyridine rings is 1. The van der Waals surface area contributed by atoms with Crippen LogP contribution in [0.2, 0.25) is 0 Å². The number of halogens is 4. The topological polar surface area (TPSA) is 91.3 Å². The molecule has 1 saturated heterocycles. The second-order valence-corrected chi connectivity index (χ2v) is 5.98. The second-order valence-electron chi connectivity index (χ2n) is 5.98. The van der Waals surface area contributed by atoms with Gasteiger partial charge in [-0.15, -0.1) is 0 Å². The molecule has 6 nitrogen and oxygen atoms in total. The Morgan fingerprint density at radius 3 is 2.41 bits per heavy atom. The highest BCUT2D eigenvalue weighted by atomic mass is 19.4. The van der Waals surface area contributed by atoms with Gasteiger partial charge in [0, 0.05) is 18.0 Å². The van der Waals surface area contributed by atoms with E-state index in [1.165, 1.54) is 23.6 Å². The van der Waals surface area contributed by atoms with Gasteiger partial charge in [-0.2, -0.15) is 13.2 Å². The SMILES string of the molecule is O=C1N[C@@H](c2ccc(F)cc2)[C@H](C(=O)c2cccnc2)[C@@](O)(C(F)(F)F)N1. The van der Waals surface area contributed by atoms with Crippen molar-refractivity contribution in [1.82, 2.24) is 15.6 Å². The highest BCUT2D eigenvalue weighted by Gasteiger charge is 2.66. The minimum absolute atomic E-state index is 0.0242. The average Bonchev–Trinajstić information content (AvgIpc) is 2.61. The van der Waals surface area contributed by atoms with Gasteiger partial charge >= 0.3 is 12.2 Å². The lowest BCUT2D eigenvalue weighted by molar-refractivity contribution is -0.287. The summed E-state index contributed by atoms with van der Waals surface area (Å²) >= 11 is 0. The minimum Gasteiger partial charge on any atom is -0.363 e. The molecular weight excluding hydrogens is 370 g/mol. The number of nitrogens with zero attached hydrogens (tertiary/aromatic N) is 1. The van der Waals surface area contributed by atoms with Crippen LogP contribution in [0.3, 0.4) is 0 Å². The van der Waals surface area contributed by atoms with Crippen molar-refractivity contribution in [3.05, 3.63) is 65.7 Å². The molecule has 2 heterocycles. The van der Waals surface area contributed by atoms with Gasteiger partial charge in [0.25, 0.3) is 0 Å². The highest BCUT2D eigenvalue weighted by Crippen LogP contribution is 2.43. The van der Waals surface area contributed by atoms with Gasteiger partial charge in [0.1, 0.15) is 11.7 Å². The fourth-order valence-electron chi connectivity index (χ4n) is 2.97. The number of ketones is 1. The molecule has 27 heavy (non-hydrogen) atoms. The summed E-state index contributed by atoms with van der Waals surface area (Å²) in [5, 5.41) is 14.0. The molecule has 3 atom stereocenters. The molecule has 1 aliphatic rings. The number of alkyl halides is 3. The van der Waals surface area contributed by atoms with Crippen molar-refractivity contribution in [2.75, 3.05) is 0 Å². The molecule has 1 aromatic heterocycles. The third-order valence-electron chi connectivity index (χ3n) is 4.26. The van der Waals surface area contributed by atoms with E-state index in [9.17, 15) is 32.3 Å². The number of urea groups is 1. The number of aliphatic hydroxyl groups is 1. The van der Waals surface area contributed by atoms with Gasteiger partial charge in [-0.05, 0) is 29.8 Å². The summed E-state index contributed by atoms with van der Waals surface area (Å²) in [4.78, 5) is 28.3. The summed E-state index contributed by atoms with van der Waals surface area (Å²) in [5.74, 6) is -3.92. The number of nitrogens with one attached hydrogen (secondary N) is 2. The zero-order valence-electron chi connectivity index (χ0n) is 13.5. The van der Waals surface area contributed by atoms with Crippen molar-refractivity contribution in [2.24, 2.45) is 5.92 Å². The third-order valence-corrected chi connectivity index (χ3v) is 4.26. The van der Waals surface area contributed by atoms with Gasteiger partial charge in [0.05, 0.1) is 6.04 Å². The normalized spacial score (nSPS) is 25.4. The van der Waals surface area contributed by atoms with Crippen LogP contribution in [0.4, 0.5) is 22.4 Å². The lowest BCUT2D eigenvalue weighted by Crippen LogP contribution is -2.72. The Morgan fingerprint density at radius 2 is 1.85 bits per heavy atom. The van der Waals surface area contributed by atoms with Crippen molar-refractivity contribution in [3.63, 3.8) is 0 Å². The maximum absolute atomic E-state index is 13.7.